The highest BCUT2D eigenvalue weighted by Crippen LogP contribution is 2.20. The van der Waals surface area contributed by atoms with Gasteiger partial charge in [0.1, 0.15) is 0 Å². The fraction of sp³-hybridized carbons (Fsp3) is 0.286. The van der Waals surface area contributed by atoms with Crippen LogP contribution in [0.4, 0.5) is 5.82 Å². The van der Waals surface area contributed by atoms with Crippen LogP contribution in [-0.4, -0.2) is 14.9 Å². The van der Waals surface area contributed by atoms with Crippen molar-refractivity contribution in [1.82, 2.24) is 4.98 Å². The molecule has 0 saturated heterocycles. The molecule has 6 heteroatoms. The molecule has 1 atom stereocenters. The molecule has 1 heterocycles. The molecule has 13 heavy (non-hydrogen) atoms. The Kier molecular flexibility index (Phi) is 3.83. The van der Waals surface area contributed by atoms with E-state index < -0.39 is 10.8 Å². The van der Waals surface area contributed by atoms with Gasteiger partial charge in [0.25, 0.3) is 0 Å². The fourth-order valence-electron chi connectivity index (χ4n) is 0.858. The maximum Gasteiger partial charge on any atom is 0.156 e. The molecule has 0 aliphatic heterocycles. The quantitative estimate of drug-likeness (QED) is 0.637. The molecule has 1 unspecified atom stereocenters. The largest absolute Gasteiger partial charge is 0.307 e. The van der Waals surface area contributed by atoms with Crippen LogP contribution in [0.2, 0.25) is 0 Å². The van der Waals surface area contributed by atoms with Crippen molar-refractivity contribution in [1.29, 1.82) is 0 Å². The summed E-state index contributed by atoms with van der Waals surface area (Å²) in [4.78, 5) is 4.61. The number of anilines is 1. The van der Waals surface area contributed by atoms with Crippen LogP contribution in [0, 0.1) is 0 Å². The van der Waals surface area contributed by atoms with Crippen LogP contribution in [0.1, 0.15) is 6.92 Å². The molecule has 72 valence electrons. The third kappa shape index (κ3) is 2.49. The van der Waals surface area contributed by atoms with Gasteiger partial charge < -0.3 is 5.43 Å². The van der Waals surface area contributed by atoms with Gasteiger partial charge in [-0.15, -0.1) is 0 Å². The number of rotatable bonds is 3. The molecule has 0 bridgehead atoms. The first-order valence-electron chi connectivity index (χ1n) is 3.69. The van der Waals surface area contributed by atoms with Crippen LogP contribution in [0.25, 0.3) is 0 Å². The van der Waals surface area contributed by atoms with Gasteiger partial charge in [-0.3, -0.25) is 4.21 Å². The third-order valence-electron chi connectivity index (χ3n) is 1.46. The van der Waals surface area contributed by atoms with E-state index in [-0.39, 0.29) is 0 Å². The monoisotopic (exact) mass is 263 g/mol. The molecule has 0 aromatic carbocycles. The highest BCUT2D eigenvalue weighted by Gasteiger charge is 2.08. The Balaban J connectivity index is 3.15. The van der Waals surface area contributed by atoms with Crippen LogP contribution >= 0.6 is 15.9 Å². The van der Waals surface area contributed by atoms with Gasteiger partial charge in [0, 0.05) is 16.4 Å². The fourth-order valence-corrected chi connectivity index (χ4v) is 2.24. The lowest BCUT2D eigenvalue weighted by molar-refractivity contribution is 0.683. The lowest BCUT2D eigenvalue weighted by atomic mass is 10.5. The van der Waals surface area contributed by atoms with Crippen LogP contribution in [0.5, 0.6) is 0 Å². The second-order valence-corrected chi connectivity index (χ2v) is 4.90. The molecule has 4 nitrogen and oxygen atoms in total. The molecule has 1 aromatic rings. The first-order valence-corrected chi connectivity index (χ1v) is 5.80. The van der Waals surface area contributed by atoms with Gasteiger partial charge in [0.2, 0.25) is 0 Å². The summed E-state index contributed by atoms with van der Waals surface area (Å²) in [6, 6.07) is 1.75. The first kappa shape index (κ1) is 10.6. The van der Waals surface area contributed by atoms with Crippen molar-refractivity contribution >= 4 is 32.5 Å². The second kappa shape index (κ2) is 4.69. The third-order valence-corrected chi connectivity index (χ3v) is 3.22. The summed E-state index contributed by atoms with van der Waals surface area (Å²) < 4.78 is 12.3. The van der Waals surface area contributed by atoms with Crippen LogP contribution in [0.3, 0.4) is 0 Å². The minimum atomic E-state index is -1.05. The van der Waals surface area contributed by atoms with Gasteiger partial charge in [-0.1, -0.05) is 6.92 Å². The maximum absolute atomic E-state index is 11.5. The molecule has 0 amide bonds. The van der Waals surface area contributed by atoms with E-state index in [0.29, 0.717) is 16.5 Å². The molecule has 1 rings (SSSR count). The van der Waals surface area contributed by atoms with E-state index in [2.05, 4.69) is 26.3 Å². The summed E-state index contributed by atoms with van der Waals surface area (Å²) in [6.45, 7) is 1.84. The minimum absolute atomic E-state index is 0.461. The summed E-state index contributed by atoms with van der Waals surface area (Å²) in [5.74, 6) is 6.24. The molecule has 0 saturated carbocycles. The number of halogens is 1. The minimum Gasteiger partial charge on any atom is -0.307 e. The number of hydrogen-bond acceptors (Lipinski definition) is 4. The summed E-state index contributed by atoms with van der Waals surface area (Å²) in [5, 5.41) is 0. The zero-order valence-electron chi connectivity index (χ0n) is 7.08. The van der Waals surface area contributed by atoms with E-state index in [1.165, 1.54) is 0 Å². The molecule has 3 N–H and O–H groups in total. The number of hydrogen-bond donors (Lipinski definition) is 2. The Morgan fingerprint density at radius 2 is 2.46 bits per heavy atom. The van der Waals surface area contributed by atoms with Crippen molar-refractivity contribution in [3.05, 3.63) is 16.7 Å². The number of nitrogens with zero attached hydrogens (tertiary/aromatic N) is 1. The maximum atomic E-state index is 11.5. The lowest BCUT2D eigenvalue weighted by Gasteiger charge is -2.06. The molecule has 1 aromatic heterocycles. The zero-order valence-corrected chi connectivity index (χ0v) is 9.48. The van der Waals surface area contributed by atoms with Crippen molar-refractivity contribution in [2.24, 2.45) is 5.84 Å². The molecular weight excluding hydrogens is 254 g/mol. The van der Waals surface area contributed by atoms with Crippen molar-refractivity contribution in [2.75, 3.05) is 11.2 Å². The molecular formula is C7H10BrN3OS. The summed E-state index contributed by atoms with van der Waals surface area (Å²) in [6.07, 6.45) is 1.60. The zero-order chi connectivity index (χ0) is 9.84. The van der Waals surface area contributed by atoms with Crippen molar-refractivity contribution in [2.45, 2.75) is 11.8 Å². The number of aromatic nitrogens is 1. The Morgan fingerprint density at radius 3 is 3.00 bits per heavy atom. The standard InChI is InChI=1S/C7H10BrN3OS/c1-2-13(12)6-3-5(8)4-10-7(6)11-9/h3-4H,2,9H2,1H3,(H,10,11). The van der Waals surface area contributed by atoms with E-state index in [1.807, 2.05) is 6.92 Å². The SMILES string of the molecule is CCS(=O)c1cc(Br)cnc1NN. The smallest absolute Gasteiger partial charge is 0.156 e. The van der Waals surface area contributed by atoms with Gasteiger partial charge in [-0.2, -0.15) is 0 Å². The normalized spacial score (nSPS) is 12.5. The summed E-state index contributed by atoms with van der Waals surface area (Å²) in [5.41, 5.74) is 2.41. The molecule has 0 spiro atoms. The Bertz CT molecular complexity index is 332. The number of pyridine rings is 1. The average molecular weight is 264 g/mol. The number of nitrogen functional groups attached to an aromatic ring is 1. The van der Waals surface area contributed by atoms with Gasteiger partial charge in [0.05, 0.1) is 15.7 Å². The summed E-state index contributed by atoms with van der Waals surface area (Å²) >= 11 is 3.26. The van der Waals surface area contributed by atoms with Crippen LogP contribution in [-0.2, 0) is 10.8 Å². The van der Waals surface area contributed by atoms with Gasteiger partial charge in [-0.05, 0) is 22.0 Å². The second-order valence-electron chi connectivity index (χ2n) is 2.28. The van der Waals surface area contributed by atoms with Crippen molar-refractivity contribution in [3.8, 4) is 0 Å². The number of nitrogens with two attached hydrogens (primary N) is 1. The Morgan fingerprint density at radius 1 is 1.77 bits per heavy atom. The molecule has 0 radical (unpaired) electrons. The molecule has 0 aliphatic carbocycles. The number of hydrazine groups is 1. The highest BCUT2D eigenvalue weighted by atomic mass is 79.9. The van der Waals surface area contributed by atoms with Gasteiger partial charge in [0.15, 0.2) is 5.82 Å². The lowest BCUT2D eigenvalue weighted by Crippen LogP contribution is -2.12. The Hall–Kier alpha value is -0.460. The van der Waals surface area contributed by atoms with E-state index in [0.717, 1.165) is 4.47 Å². The first-order chi connectivity index (χ1) is 6.19. The predicted molar refractivity (Wildman–Crippen MR) is 56.7 cm³/mol. The topological polar surface area (TPSA) is 68.0 Å². The van der Waals surface area contributed by atoms with Gasteiger partial charge in [-0.25, -0.2) is 10.8 Å². The van der Waals surface area contributed by atoms with E-state index >= 15 is 0 Å². The van der Waals surface area contributed by atoms with Crippen molar-refractivity contribution < 1.29 is 4.21 Å². The van der Waals surface area contributed by atoms with Gasteiger partial charge >= 0.3 is 0 Å². The van der Waals surface area contributed by atoms with Crippen molar-refractivity contribution in [3.63, 3.8) is 0 Å². The van der Waals surface area contributed by atoms with E-state index in [1.54, 1.807) is 12.3 Å². The van der Waals surface area contributed by atoms with Crippen LogP contribution in [0.15, 0.2) is 21.6 Å². The van der Waals surface area contributed by atoms with E-state index in [9.17, 15) is 4.21 Å². The molecule has 0 fully saturated rings. The highest BCUT2D eigenvalue weighted by molar-refractivity contribution is 9.10. The molecule has 0 aliphatic rings. The predicted octanol–water partition coefficient (Wildman–Crippen LogP) is 1.26. The average Bonchev–Trinajstić information content (AvgIpc) is 2.16. The van der Waals surface area contributed by atoms with Crippen LogP contribution < -0.4 is 11.3 Å². The Labute approximate surface area is 87.5 Å². The number of nitrogens with one attached hydrogen (secondary N) is 1. The van der Waals surface area contributed by atoms with E-state index in [4.69, 9.17) is 5.84 Å². The summed E-state index contributed by atoms with van der Waals surface area (Å²) in [7, 11) is -1.05.